The van der Waals surface area contributed by atoms with Gasteiger partial charge in [-0.05, 0) is 58.1 Å². The molecule has 1 aliphatic rings. The fourth-order valence-corrected chi connectivity index (χ4v) is 3.92. The third kappa shape index (κ3) is 8.22. The van der Waals surface area contributed by atoms with Crippen LogP contribution in [0, 0.1) is 12.8 Å². The maximum absolute atomic E-state index is 13.7. The van der Waals surface area contributed by atoms with Gasteiger partial charge >= 0.3 is 12.1 Å². The maximum Gasteiger partial charge on any atom is 0.408 e. The molecule has 0 aliphatic heterocycles. The van der Waals surface area contributed by atoms with Crippen molar-refractivity contribution in [1.29, 1.82) is 0 Å². The Morgan fingerprint density at radius 3 is 2.36 bits per heavy atom. The minimum absolute atomic E-state index is 0.00663. The van der Waals surface area contributed by atoms with Gasteiger partial charge in [-0.1, -0.05) is 31.2 Å². The molecule has 0 spiro atoms. The predicted molar refractivity (Wildman–Crippen MR) is 133 cm³/mol. The van der Waals surface area contributed by atoms with E-state index in [-0.39, 0.29) is 31.5 Å². The Morgan fingerprint density at radius 1 is 1.19 bits per heavy atom. The summed E-state index contributed by atoms with van der Waals surface area (Å²) in [6.45, 7) is 10.2. The third-order valence-corrected chi connectivity index (χ3v) is 5.79. The first-order valence-corrected chi connectivity index (χ1v) is 12.3. The highest BCUT2D eigenvalue weighted by atomic mass is 16.6. The second-order valence-corrected chi connectivity index (χ2v) is 10.0. The Balaban J connectivity index is 2.36. The zero-order valence-corrected chi connectivity index (χ0v) is 22.0. The Morgan fingerprint density at radius 2 is 1.83 bits per heavy atom. The smallest absolute Gasteiger partial charge is 0.408 e. The van der Waals surface area contributed by atoms with Gasteiger partial charge in [0.2, 0.25) is 11.8 Å². The fourth-order valence-electron chi connectivity index (χ4n) is 3.92. The number of benzene rings is 1. The van der Waals surface area contributed by atoms with Gasteiger partial charge in [0.1, 0.15) is 17.7 Å². The monoisotopic (exact) mass is 505 g/mol. The van der Waals surface area contributed by atoms with E-state index in [2.05, 4.69) is 10.6 Å². The van der Waals surface area contributed by atoms with E-state index >= 15 is 0 Å². The van der Waals surface area contributed by atoms with E-state index in [9.17, 15) is 24.3 Å². The summed E-state index contributed by atoms with van der Waals surface area (Å²) < 4.78 is 10.2. The van der Waals surface area contributed by atoms with E-state index in [0.29, 0.717) is 12.0 Å². The number of aryl methyl sites for hydroxylation is 1. The minimum atomic E-state index is -1.30. The highest BCUT2D eigenvalue weighted by molar-refractivity contribution is 5.93. The van der Waals surface area contributed by atoms with Gasteiger partial charge in [-0.2, -0.15) is 0 Å². The maximum atomic E-state index is 13.7. The van der Waals surface area contributed by atoms with Gasteiger partial charge in [-0.15, -0.1) is 0 Å². The van der Waals surface area contributed by atoms with Crippen molar-refractivity contribution in [3.8, 4) is 0 Å². The summed E-state index contributed by atoms with van der Waals surface area (Å²) in [6.07, 6.45) is -0.174. The molecule has 36 heavy (non-hydrogen) atoms. The molecule has 0 aromatic heterocycles. The fraction of sp³-hybridized carbons (Fsp3) is 0.615. The zero-order chi connectivity index (χ0) is 27.0. The number of carbonyl (C=O) groups is 4. The molecule has 1 aliphatic carbocycles. The van der Waals surface area contributed by atoms with Gasteiger partial charge in [0.25, 0.3) is 0 Å². The van der Waals surface area contributed by atoms with Crippen molar-refractivity contribution in [3.05, 3.63) is 35.4 Å². The standard InChI is InChI=1S/C26H39N3O7/c1-7-35-21(31)12-13-27-23(32)22(18-11-9-8-10-16(18)2)29(20-14-17(20)3)24(33)19(15-30)28-25(34)36-26(4,5)6/h8-11,17,19-20,22,30H,7,12-15H2,1-6H3,(H,27,32)(H,28,34). The van der Waals surface area contributed by atoms with Crippen LogP contribution in [0.5, 0.6) is 0 Å². The van der Waals surface area contributed by atoms with Crippen LogP contribution in [-0.2, 0) is 23.9 Å². The Bertz CT molecular complexity index is 944. The van der Waals surface area contributed by atoms with Crippen LogP contribution in [0.3, 0.4) is 0 Å². The van der Waals surface area contributed by atoms with Crippen molar-refractivity contribution in [3.63, 3.8) is 0 Å². The van der Waals surface area contributed by atoms with Crippen LogP contribution in [0.15, 0.2) is 24.3 Å². The molecule has 3 N–H and O–H groups in total. The van der Waals surface area contributed by atoms with Crippen molar-refractivity contribution in [2.75, 3.05) is 19.8 Å². The van der Waals surface area contributed by atoms with E-state index < -0.39 is 48.2 Å². The number of nitrogens with one attached hydrogen (secondary N) is 2. The third-order valence-electron chi connectivity index (χ3n) is 5.79. The van der Waals surface area contributed by atoms with E-state index in [1.807, 2.05) is 26.0 Å². The molecule has 1 saturated carbocycles. The number of alkyl carbamates (subject to hydrolysis) is 1. The van der Waals surface area contributed by atoms with E-state index in [1.165, 1.54) is 4.90 Å². The molecular weight excluding hydrogens is 466 g/mol. The molecule has 3 amide bonds. The molecule has 1 aromatic carbocycles. The van der Waals surface area contributed by atoms with Crippen LogP contribution in [-0.4, -0.2) is 71.3 Å². The number of hydrogen-bond donors (Lipinski definition) is 3. The van der Waals surface area contributed by atoms with E-state index in [4.69, 9.17) is 9.47 Å². The summed E-state index contributed by atoms with van der Waals surface area (Å²) in [5.74, 6) is -1.36. The van der Waals surface area contributed by atoms with Crippen molar-refractivity contribution in [1.82, 2.24) is 15.5 Å². The molecule has 4 unspecified atom stereocenters. The first-order chi connectivity index (χ1) is 16.9. The second kappa shape index (κ2) is 12.7. The number of aliphatic hydroxyl groups excluding tert-OH is 1. The first-order valence-electron chi connectivity index (χ1n) is 12.3. The van der Waals surface area contributed by atoms with Gasteiger partial charge < -0.3 is 30.1 Å². The average Bonchev–Trinajstić information content (AvgIpc) is 3.50. The van der Waals surface area contributed by atoms with Gasteiger partial charge in [0.15, 0.2) is 0 Å². The van der Waals surface area contributed by atoms with Gasteiger partial charge in [-0.25, -0.2) is 4.79 Å². The lowest BCUT2D eigenvalue weighted by Crippen LogP contribution is -2.55. The van der Waals surface area contributed by atoms with Gasteiger partial charge in [0, 0.05) is 12.6 Å². The van der Waals surface area contributed by atoms with Crippen LogP contribution < -0.4 is 10.6 Å². The summed E-state index contributed by atoms with van der Waals surface area (Å²) >= 11 is 0. The lowest BCUT2D eigenvalue weighted by molar-refractivity contribution is -0.145. The number of hydrogen-bond acceptors (Lipinski definition) is 7. The lowest BCUT2D eigenvalue weighted by atomic mass is 9.97. The number of aliphatic hydroxyl groups is 1. The number of ether oxygens (including phenoxy) is 2. The van der Waals surface area contributed by atoms with Crippen LogP contribution in [0.25, 0.3) is 0 Å². The highest BCUT2D eigenvalue weighted by Gasteiger charge is 2.48. The Kier molecular flexibility index (Phi) is 10.3. The van der Waals surface area contributed by atoms with Crippen LogP contribution in [0.1, 0.15) is 64.6 Å². The molecule has 0 bridgehead atoms. The Hall–Kier alpha value is -3.14. The predicted octanol–water partition coefficient (Wildman–Crippen LogP) is 2.23. The molecule has 2 rings (SSSR count). The van der Waals surface area contributed by atoms with Crippen LogP contribution in [0.4, 0.5) is 4.79 Å². The molecule has 1 fully saturated rings. The topological polar surface area (TPSA) is 134 Å². The summed E-state index contributed by atoms with van der Waals surface area (Å²) in [5.41, 5.74) is 0.627. The number of amides is 3. The largest absolute Gasteiger partial charge is 0.466 e. The number of carbonyl (C=O) groups excluding carboxylic acids is 4. The first kappa shape index (κ1) is 29.1. The number of nitrogens with zero attached hydrogens (tertiary/aromatic N) is 1. The Labute approximate surface area is 212 Å². The van der Waals surface area contributed by atoms with Crippen LogP contribution >= 0.6 is 0 Å². The number of rotatable bonds is 11. The summed E-state index contributed by atoms with van der Waals surface area (Å²) in [7, 11) is 0. The number of esters is 1. The molecule has 200 valence electrons. The molecule has 10 nitrogen and oxygen atoms in total. The van der Waals surface area contributed by atoms with Crippen molar-refractivity contribution in [2.24, 2.45) is 5.92 Å². The van der Waals surface area contributed by atoms with E-state index in [1.54, 1.807) is 39.8 Å². The normalized spacial score (nSPS) is 18.4. The molecule has 0 radical (unpaired) electrons. The summed E-state index contributed by atoms with van der Waals surface area (Å²) in [4.78, 5) is 52.8. The van der Waals surface area contributed by atoms with Gasteiger partial charge in [0.05, 0.1) is 19.6 Å². The van der Waals surface area contributed by atoms with Crippen LogP contribution in [0.2, 0.25) is 0 Å². The molecule has 0 heterocycles. The highest BCUT2D eigenvalue weighted by Crippen LogP contribution is 2.41. The molecule has 0 saturated heterocycles. The van der Waals surface area contributed by atoms with Crippen molar-refractivity contribution < 1.29 is 33.8 Å². The van der Waals surface area contributed by atoms with Crippen molar-refractivity contribution in [2.45, 2.75) is 78.1 Å². The summed E-state index contributed by atoms with van der Waals surface area (Å²) in [6, 6.07) is 4.65. The quantitative estimate of drug-likeness (QED) is 0.393. The van der Waals surface area contributed by atoms with Gasteiger partial charge in [-0.3, -0.25) is 14.4 Å². The molecular formula is C26H39N3O7. The molecule has 1 aromatic rings. The lowest BCUT2D eigenvalue weighted by Gasteiger charge is -2.35. The minimum Gasteiger partial charge on any atom is -0.466 e. The summed E-state index contributed by atoms with van der Waals surface area (Å²) in [5, 5.41) is 15.2. The zero-order valence-electron chi connectivity index (χ0n) is 22.0. The molecule has 10 heteroatoms. The van der Waals surface area contributed by atoms with Crippen molar-refractivity contribution >= 4 is 23.9 Å². The average molecular weight is 506 g/mol. The second-order valence-electron chi connectivity index (χ2n) is 10.0. The molecule has 4 atom stereocenters. The van der Waals surface area contributed by atoms with E-state index in [0.717, 1.165) is 5.56 Å². The SMILES string of the molecule is CCOC(=O)CCNC(=O)C(c1ccccc1C)N(C(=O)C(CO)NC(=O)OC(C)(C)C)C1CC1C.